The Kier molecular flexibility index (Phi) is 10.7. The van der Waals surface area contributed by atoms with Gasteiger partial charge >= 0.3 is 5.97 Å². The van der Waals surface area contributed by atoms with Crippen molar-refractivity contribution in [1.82, 2.24) is 0 Å². The maximum absolute atomic E-state index is 12.9. The summed E-state index contributed by atoms with van der Waals surface area (Å²) in [7, 11) is -2.03. The molecule has 4 aliphatic rings. The summed E-state index contributed by atoms with van der Waals surface area (Å²) < 4.78 is 20.6. The zero-order chi connectivity index (χ0) is 35.6. The first kappa shape index (κ1) is 38.8. The van der Waals surface area contributed by atoms with Crippen molar-refractivity contribution in [2.24, 2.45) is 45.3 Å². The number of allylic oxidation sites excluding steroid dienone is 2. The fourth-order valence-corrected chi connectivity index (χ4v) is 13.3. The van der Waals surface area contributed by atoms with E-state index < -0.39 is 13.9 Å². The molecular formula is C41H72O5Si. The van der Waals surface area contributed by atoms with Gasteiger partial charge in [-0.15, -0.1) is 6.58 Å². The van der Waals surface area contributed by atoms with Crippen LogP contribution in [0.5, 0.6) is 0 Å². The highest BCUT2D eigenvalue weighted by molar-refractivity contribution is 6.74. The lowest BCUT2D eigenvalue weighted by Gasteiger charge is -2.72. The van der Waals surface area contributed by atoms with Gasteiger partial charge in [0.1, 0.15) is 6.10 Å². The van der Waals surface area contributed by atoms with E-state index in [1.807, 2.05) is 6.08 Å². The van der Waals surface area contributed by atoms with Crippen molar-refractivity contribution in [1.29, 1.82) is 0 Å². The van der Waals surface area contributed by atoms with Crippen LogP contribution in [0.3, 0.4) is 0 Å². The normalized spacial score (nSPS) is 41.1. The van der Waals surface area contributed by atoms with E-state index in [0.29, 0.717) is 12.5 Å². The molecule has 0 heterocycles. The van der Waals surface area contributed by atoms with Gasteiger partial charge in [0.25, 0.3) is 0 Å². The van der Waals surface area contributed by atoms with Crippen molar-refractivity contribution in [2.75, 3.05) is 6.61 Å². The van der Waals surface area contributed by atoms with Gasteiger partial charge < -0.3 is 19.0 Å². The van der Waals surface area contributed by atoms with E-state index in [9.17, 15) is 9.90 Å². The molecule has 0 aromatic heterocycles. The minimum atomic E-state index is -2.03. The van der Waals surface area contributed by atoms with Crippen LogP contribution in [0.2, 0.25) is 18.1 Å². The molecule has 0 aromatic rings. The largest absolute Gasteiger partial charge is 0.462 e. The average Bonchev–Trinajstić information content (AvgIpc) is 3.28. The third-order valence-electron chi connectivity index (χ3n) is 15.2. The number of carbonyl (C=O) groups is 1. The van der Waals surface area contributed by atoms with E-state index >= 15 is 0 Å². The highest BCUT2D eigenvalue weighted by atomic mass is 28.4. The SMILES string of the molecule is C=CCO[C@@H]1C[C@@H]2[C@@]3(C)CC[C@H](O[Si](C)(C)C(C)(C)C)C(C)(C)[C@@H]3[C@@H](OC(C)=O)C[C@@]2(C)[C@]2(C)CC[C@H]([C@@](C)(O)CCC=C(C)C)[C@@H]12. The molecule has 1 N–H and O–H groups in total. The number of ether oxygens (including phenoxy) is 2. The summed E-state index contributed by atoms with van der Waals surface area (Å²) in [6, 6.07) is 0. The Balaban J connectivity index is 1.80. The van der Waals surface area contributed by atoms with E-state index in [1.165, 1.54) is 5.57 Å². The smallest absolute Gasteiger partial charge is 0.302 e. The first-order chi connectivity index (χ1) is 21.4. The molecule has 0 bridgehead atoms. The monoisotopic (exact) mass is 673 g/mol. The molecule has 0 aliphatic heterocycles. The van der Waals surface area contributed by atoms with Gasteiger partial charge in [-0.1, -0.05) is 73.1 Å². The second-order valence-electron chi connectivity index (χ2n) is 19.7. The fraction of sp³-hybridized carbons (Fsp3) is 0.878. The zero-order valence-electron chi connectivity index (χ0n) is 32.8. The number of esters is 1. The van der Waals surface area contributed by atoms with E-state index in [2.05, 4.69) is 102 Å². The molecular weight excluding hydrogens is 601 g/mol. The Hall–Kier alpha value is -0.953. The number of hydrogen-bond donors (Lipinski definition) is 1. The predicted octanol–water partition coefficient (Wildman–Crippen LogP) is 10.3. The Bertz CT molecular complexity index is 1190. The zero-order valence-corrected chi connectivity index (χ0v) is 33.8. The molecule has 4 rings (SSSR count). The summed E-state index contributed by atoms with van der Waals surface area (Å²) >= 11 is 0. The molecule has 0 aromatic carbocycles. The lowest BCUT2D eigenvalue weighted by Crippen LogP contribution is -2.71. The maximum atomic E-state index is 12.9. The molecule has 0 radical (unpaired) electrons. The van der Waals surface area contributed by atoms with Crippen molar-refractivity contribution in [3.63, 3.8) is 0 Å². The van der Waals surface area contributed by atoms with Crippen molar-refractivity contribution >= 4 is 14.3 Å². The molecule has 0 amide bonds. The molecule has 4 aliphatic carbocycles. The van der Waals surface area contributed by atoms with Crippen LogP contribution in [0, 0.1) is 45.3 Å². The third kappa shape index (κ3) is 6.65. The highest BCUT2D eigenvalue weighted by Gasteiger charge is 2.74. The van der Waals surface area contributed by atoms with Crippen LogP contribution in [0.15, 0.2) is 24.3 Å². The van der Waals surface area contributed by atoms with Crippen molar-refractivity contribution in [2.45, 2.75) is 176 Å². The molecule has 4 saturated carbocycles. The molecule has 5 nitrogen and oxygen atoms in total. The van der Waals surface area contributed by atoms with Gasteiger partial charge in [-0.25, -0.2) is 0 Å². The fourth-order valence-electron chi connectivity index (χ4n) is 11.8. The van der Waals surface area contributed by atoms with Gasteiger partial charge in [-0.2, -0.15) is 0 Å². The number of fused-ring (bicyclic) bond motifs is 5. The van der Waals surface area contributed by atoms with E-state index in [1.54, 1.807) is 6.92 Å². The molecule has 0 unspecified atom stereocenters. The Morgan fingerprint density at radius 3 is 2.17 bits per heavy atom. The molecule has 6 heteroatoms. The summed E-state index contributed by atoms with van der Waals surface area (Å²) in [5.41, 5.74) is 0.128. The predicted molar refractivity (Wildman–Crippen MR) is 197 cm³/mol. The van der Waals surface area contributed by atoms with Gasteiger partial charge in [-0.05, 0) is 130 Å². The Labute approximate surface area is 290 Å². The molecule has 270 valence electrons. The van der Waals surface area contributed by atoms with Crippen LogP contribution in [0.1, 0.15) is 134 Å². The highest BCUT2D eigenvalue weighted by Crippen LogP contribution is 2.76. The number of rotatable bonds is 10. The van der Waals surface area contributed by atoms with Crippen LogP contribution in [-0.2, 0) is 18.7 Å². The summed E-state index contributed by atoms with van der Waals surface area (Å²) in [5, 5.41) is 12.3. The summed E-state index contributed by atoms with van der Waals surface area (Å²) in [4.78, 5) is 12.9. The number of aliphatic hydroxyl groups is 1. The van der Waals surface area contributed by atoms with Crippen LogP contribution < -0.4 is 0 Å². The lowest BCUT2D eigenvalue weighted by molar-refractivity contribution is -0.279. The summed E-state index contributed by atoms with van der Waals surface area (Å²) in [5.74, 6) is 0.748. The minimum absolute atomic E-state index is 0.0468. The van der Waals surface area contributed by atoms with Crippen LogP contribution in [0.25, 0.3) is 0 Å². The van der Waals surface area contributed by atoms with Crippen LogP contribution in [-0.4, -0.2) is 49.9 Å². The third-order valence-corrected chi connectivity index (χ3v) is 19.6. The van der Waals surface area contributed by atoms with E-state index in [4.69, 9.17) is 13.9 Å². The minimum Gasteiger partial charge on any atom is -0.462 e. The van der Waals surface area contributed by atoms with Gasteiger partial charge in [0.05, 0.1) is 24.4 Å². The molecule has 4 fully saturated rings. The quantitative estimate of drug-likeness (QED) is 0.142. The van der Waals surface area contributed by atoms with Crippen molar-refractivity contribution < 1.29 is 23.8 Å². The number of hydrogen-bond acceptors (Lipinski definition) is 5. The molecule has 0 saturated heterocycles. The number of carbonyl (C=O) groups excluding carboxylic acids is 1. The van der Waals surface area contributed by atoms with Crippen LogP contribution in [0.4, 0.5) is 0 Å². The van der Waals surface area contributed by atoms with Gasteiger partial charge in [-0.3, -0.25) is 4.79 Å². The van der Waals surface area contributed by atoms with E-state index in [-0.39, 0.29) is 68.7 Å². The summed E-state index contributed by atoms with van der Waals surface area (Å²) in [6.45, 7) is 36.5. The maximum Gasteiger partial charge on any atom is 0.302 e. The Morgan fingerprint density at radius 1 is 0.979 bits per heavy atom. The van der Waals surface area contributed by atoms with Gasteiger partial charge in [0.2, 0.25) is 0 Å². The lowest BCUT2D eigenvalue weighted by atomic mass is 9.34. The van der Waals surface area contributed by atoms with Crippen LogP contribution >= 0.6 is 0 Å². The second-order valence-corrected chi connectivity index (χ2v) is 24.5. The molecule has 11 atom stereocenters. The standard InChI is InChI=1S/C41H72O5Si/c1-16-24-44-30-25-32-38(10)22-20-33(46-47(14,15)36(5,6)7)37(8,9)35(38)31(45-28(4)42)26-40(32,12)39(11)23-19-29(34(30)39)41(13,43)21-17-18-27(2)3/h16,18,29-35,43H,1,17,19-26H2,2-15H3/t29-,30+,31-,32+,33-,34-,35-,38+,39+,40+,41-/m0/s1. The average molecular weight is 673 g/mol. The first-order valence-corrected chi connectivity index (χ1v) is 21.7. The van der Waals surface area contributed by atoms with Crippen molar-refractivity contribution in [3.05, 3.63) is 24.3 Å². The Morgan fingerprint density at radius 2 is 1.62 bits per heavy atom. The second kappa shape index (κ2) is 13.0. The molecule has 47 heavy (non-hydrogen) atoms. The van der Waals surface area contributed by atoms with E-state index in [0.717, 1.165) is 51.4 Å². The molecule has 0 spiro atoms. The summed E-state index contributed by atoms with van der Waals surface area (Å²) in [6.07, 6.45) is 11.7. The first-order valence-electron chi connectivity index (χ1n) is 18.8. The topological polar surface area (TPSA) is 65.0 Å². The van der Waals surface area contributed by atoms with Crippen molar-refractivity contribution in [3.8, 4) is 0 Å². The van der Waals surface area contributed by atoms with Gasteiger partial charge in [0, 0.05) is 12.8 Å². The van der Waals surface area contributed by atoms with Gasteiger partial charge in [0.15, 0.2) is 8.32 Å².